The molecule has 0 aliphatic heterocycles. The number of ketones is 1. The van der Waals surface area contributed by atoms with Crippen molar-refractivity contribution in [2.75, 3.05) is 19.7 Å². The van der Waals surface area contributed by atoms with Gasteiger partial charge in [0.15, 0.2) is 5.78 Å². The molecule has 1 N–H and O–H groups in total. The lowest BCUT2D eigenvalue weighted by molar-refractivity contribution is -0.133. The number of hydrogen-bond acceptors (Lipinski definition) is 4. The fourth-order valence-corrected chi connectivity index (χ4v) is 2.54. The van der Waals surface area contributed by atoms with Gasteiger partial charge in [-0.2, -0.15) is 0 Å². The zero-order valence-corrected chi connectivity index (χ0v) is 14.8. The first-order valence-corrected chi connectivity index (χ1v) is 7.92. The third kappa shape index (κ3) is 4.21. The number of amides is 1. The number of aromatic nitrogens is 1. The van der Waals surface area contributed by atoms with E-state index in [4.69, 9.17) is 4.74 Å². The van der Waals surface area contributed by atoms with Crippen LogP contribution in [0.2, 0.25) is 0 Å². The number of nitrogens with zero attached hydrogens (tertiary/aromatic N) is 1. The van der Waals surface area contributed by atoms with E-state index in [-0.39, 0.29) is 30.8 Å². The first-order valence-electron chi connectivity index (χ1n) is 7.92. The van der Waals surface area contributed by atoms with E-state index in [1.54, 1.807) is 34.6 Å². The number of aromatic amines is 1. The molecule has 1 aromatic rings. The molecule has 0 aromatic carbocycles. The minimum absolute atomic E-state index is 0.00924. The smallest absolute Gasteiger partial charge is 0.355 e. The van der Waals surface area contributed by atoms with Gasteiger partial charge in [0, 0.05) is 23.7 Å². The molecule has 1 amide bonds. The summed E-state index contributed by atoms with van der Waals surface area (Å²) < 4.78 is 4.98. The van der Waals surface area contributed by atoms with Crippen LogP contribution in [0.4, 0.5) is 0 Å². The number of likely N-dealkylation sites (N-methyl/N-ethyl adjacent to an activating group) is 1. The second-order valence-corrected chi connectivity index (χ2v) is 5.78. The Labute approximate surface area is 137 Å². The zero-order valence-electron chi connectivity index (χ0n) is 14.8. The van der Waals surface area contributed by atoms with E-state index in [1.807, 2.05) is 6.92 Å². The Morgan fingerprint density at radius 2 is 1.78 bits per heavy atom. The summed E-state index contributed by atoms with van der Waals surface area (Å²) in [6, 6.07) is 0. The van der Waals surface area contributed by atoms with Gasteiger partial charge in [0.1, 0.15) is 5.69 Å². The Balaban J connectivity index is 3.05. The van der Waals surface area contributed by atoms with Crippen molar-refractivity contribution >= 4 is 17.7 Å². The van der Waals surface area contributed by atoms with Gasteiger partial charge in [-0.15, -0.1) is 0 Å². The predicted molar refractivity (Wildman–Crippen MR) is 87.6 cm³/mol. The molecule has 128 valence electrons. The second-order valence-electron chi connectivity index (χ2n) is 5.78. The standard InChI is InChI=1S/C17H26N2O4/c1-7-19(16(21)10(3)4)9-13(20)14-11(5)15(18-12(14)6)17(22)23-8-2/h10,18H,7-9H2,1-6H3. The lowest BCUT2D eigenvalue weighted by atomic mass is 10.0. The third-order valence-corrected chi connectivity index (χ3v) is 3.72. The van der Waals surface area contributed by atoms with Crippen LogP contribution in [0.5, 0.6) is 0 Å². The number of esters is 1. The SMILES string of the molecule is CCOC(=O)c1[nH]c(C)c(C(=O)CN(CC)C(=O)C(C)C)c1C. The molecular weight excluding hydrogens is 296 g/mol. The molecule has 0 saturated heterocycles. The average Bonchev–Trinajstić information content (AvgIpc) is 2.79. The summed E-state index contributed by atoms with van der Waals surface area (Å²) in [5, 5.41) is 0. The number of aryl methyl sites for hydroxylation is 1. The highest BCUT2D eigenvalue weighted by Gasteiger charge is 2.25. The maximum atomic E-state index is 12.6. The van der Waals surface area contributed by atoms with Gasteiger partial charge in [0.25, 0.3) is 0 Å². The van der Waals surface area contributed by atoms with Gasteiger partial charge in [-0.05, 0) is 33.3 Å². The number of carbonyl (C=O) groups is 3. The number of rotatable bonds is 7. The summed E-state index contributed by atoms with van der Waals surface area (Å²) in [5.74, 6) is -0.871. The molecule has 0 saturated carbocycles. The maximum absolute atomic E-state index is 12.6. The lowest BCUT2D eigenvalue weighted by Crippen LogP contribution is -2.38. The number of Topliss-reactive ketones (excluding diaryl/α,β-unsaturated/α-hetero) is 1. The van der Waals surface area contributed by atoms with Crippen molar-refractivity contribution in [1.29, 1.82) is 0 Å². The number of carbonyl (C=O) groups excluding carboxylic acids is 3. The molecule has 6 heteroatoms. The molecule has 6 nitrogen and oxygen atoms in total. The molecule has 23 heavy (non-hydrogen) atoms. The predicted octanol–water partition coefficient (Wildman–Crippen LogP) is 2.50. The zero-order chi connectivity index (χ0) is 17.7. The molecular formula is C17H26N2O4. The Morgan fingerprint density at radius 3 is 2.26 bits per heavy atom. The molecule has 0 spiro atoms. The highest BCUT2D eigenvalue weighted by atomic mass is 16.5. The summed E-state index contributed by atoms with van der Waals surface area (Å²) in [4.78, 5) is 41.1. The Kier molecular flexibility index (Phi) is 6.54. The van der Waals surface area contributed by atoms with Gasteiger partial charge >= 0.3 is 5.97 Å². The van der Waals surface area contributed by atoms with Crippen LogP contribution >= 0.6 is 0 Å². The van der Waals surface area contributed by atoms with Crippen molar-refractivity contribution in [3.8, 4) is 0 Å². The topological polar surface area (TPSA) is 79.5 Å². The number of nitrogens with one attached hydrogen (secondary N) is 1. The van der Waals surface area contributed by atoms with Gasteiger partial charge in [0.05, 0.1) is 13.2 Å². The molecule has 0 bridgehead atoms. The fraction of sp³-hybridized carbons (Fsp3) is 0.588. The quantitative estimate of drug-likeness (QED) is 0.618. The molecule has 1 aromatic heterocycles. The molecule has 0 radical (unpaired) electrons. The van der Waals surface area contributed by atoms with E-state index in [0.29, 0.717) is 29.1 Å². The fourth-order valence-electron chi connectivity index (χ4n) is 2.54. The van der Waals surface area contributed by atoms with Crippen molar-refractivity contribution in [2.45, 2.75) is 41.5 Å². The van der Waals surface area contributed by atoms with Gasteiger partial charge < -0.3 is 14.6 Å². The van der Waals surface area contributed by atoms with E-state index in [9.17, 15) is 14.4 Å². The van der Waals surface area contributed by atoms with Gasteiger partial charge in [0.2, 0.25) is 5.91 Å². The summed E-state index contributed by atoms with van der Waals surface area (Å²) in [7, 11) is 0. The van der Waals surface area contributed by atoms with Gasteiger partial charge in [-0.25, -0.2) is 4.79 Å². The largest absolute Gasteiger partial charge is 0.461 e. The van der Waals surface area contributed by atoms with E-state index >= 15 is 0 Å². The summed E-state index contributed by atoms with van der Waals surface area (Å²) in [6.07, 6.45) is 0. The van der Waals surface area contributed by atoms with Crippen LogP contribution in [0.1, 0.15) is 59.8 Å². The number of H-pyrrole nitrogens is 1. The third-order valence-electron chi connectivity index (χ3n) is 3.72. The number of ether oxygens (including phenoxy) is 1. The summed E-state index contributed by atoms with van der Waals surface area (Å²) in [5.41, 5.74) is 1.94. The lowest BCUT2D eigenvalue weighted by Gasteiger charge is -2.22. The molecule has 0 atom stereocenters. The highest BCUT2D eigenvalue weighted by Crippen LogP contribution is 2.20. The average molecular weight is 322 g/mol. The molecule has 0 unspecified atom stereocenters. The van der Waals surface area contributed by atoms with E-state index in [0.717, 1.165) is 0 Å². The maximum Gasteiger partial charge on any atom is 0.355 e. The van der Waals surface area contributed by atoms with Crippen molar-refractivity contribution < 1.29 is 19.1 Å². The molecule has 0 aliphatic carbocycles. The van der Waals surface area contributed by atoms with Crippen LogP contribution in [-0.4, -0.2) is 47.2 Å². The highest BCUT2D eigenvalue weighted by molar-refractivity contribution is 6.04. The van der Waals surface area contributed by atoms with E-state index in [2.05, 4.69) is 4.98 Å². The second kappa shape index (κ2) is 7.94. The van der Waals surface area contributed by atoms with E-state index < -0.39 is 5.97 Å². The number of hydrogen-bond donors (Lipinski definition) is 1. The monoisotopic (exact) mass is 322 g/mol. The molecule has 0 aliphatic rings. The van der Waals surface area contributed by atoms with Crippen molar-refractivity contribution in [1.82, 2.24) is 9.88 Å². The summed E-state index contributed by atoms with van der Waals surface area (Å²) >= 11 is 0. The molecule has 1 rings (SSSR count). The van der Waals surface area contributed by atoms with Crippen LogP contribution in [0, 0.1) is 19.8 Å². The van der Waals surface area contributed by atoms with Gasteiger partial charge in [-0.1, -0.05) is 13.8 Å². The minimum atomic E-state index is -0.474. The van der Waals surface area contributed by atoms with Crippen molar-refractivity contribution in [2.24, 2.45) is 5.92 Å². The van der Waals surface area contributed by atoms with E-state index in [1.165, 1.54) is 4.90 Å². The Bertz CT molecular complexity index is 602. The Morgan fingerprint density at radius 1 is 1.17 bits per heavy atom. The summed E-state index contributed by atoms with van der Waals surface area (Å²) in [6.45, 7) is 11.4. The van der Waals surface area contributed by atoms with Crippen LogP contribution in [-0.2, 0) is 9.53 Å². The Hall–Kier alpha value is -2.11. The van der Waals surface area contributed by atoms with Crippen LogP contribution in [0.25, 0.3) is 0 Å². The van der Waals surface area contributed by atoms with Crippen LogP contribution in [0.15, 0.2) is 0 Å². The first kappa shape index (κ1) is 18.9. The minimum Gasteiger partial charge on any atom is -0.461 e. The van der Waals surface area contributed by atoms with Crippen molar-refractivity contribution in [3.05, 3.63) is 22.5 Å². The van der Waals surface area contributed by atoms with Gasteiger partial charge in [-0.3, -0.25) is 9.59 Å². The normalized spacial score (nSPS) is 10.7. The first-order chi connectivity index (χ1) is 10.7. The molecule has 0 fully saturated rings. The van der Waals surface area contributed by atoms with Crippen LogP contribution in [0.3, 0.4) is 0 Å². The molecule has 1 heterocycles. The van der Waals surface area contributed by atoms with Crippen molar-refractivity contribution in [3.63, 3.8) is 0 Å². The van der Waals surface area contributed by atoms with Crippen LogP contribution < -0.4 is 0 Å².